The maximum Gasteiger partial charge on any atom is 0.331 e. The number of carbonyl (C=O) groups excluding carboxylic acids is 3. The Morgan fingerprint density at radius 3 is 2.37 bits per heavy atom. The first-order valence-electron chi connectivity index (χ1n) is 8.02. The van der Waals surface area contributed by atoms with Crippen molar-refractivity contribution in [2.24, 2.45) is 0 Å². The van der Waals surface area contributed by atoms with E-state index in [1.165, 1.54) is 26.0 Å². The number of ketones is 1. The van der Waals surface area contributed by atoms with Crippen molar-refractivity contribution in [2.75, 3.05) is 5.32 Å². The van der Waals surface area contributed by atoms with Gasteiger partial charge in [0.2, 0.25) is 0 Å². The SMILES string of the molecule is CC(=O)c1ccc(NC(=O)C(C)OC(=O)/C=C/c2cccc(Cl)c2Cl)cc1. The van der Waals surface area contributed by atoms with Gasteiger partial charge in [-0.2, -0.15) is 0 Å². The third kappa shape index (κ3) is 5.94. The second-order valence-corrected chi connectivity index (χ2v) is 6.46. The fourth-order valence-corrected chi connectivity index (χ4v) is 2.48. The summed E-state index contributed by atoms with van der Waals surface area (Å²) in [5.74, 6) is -1.25. The molecule has 0 aliphatic rings. The molecule has 0 saturated heterocycles. The van der Waals surface area contributed by atoms with Crippen molar-refractivity contribution < 1.29 is 19.1 Å². The van der Waals surface area contributed by atoms with E-state index in [0.717, 1.165) is 0 Å². The summed E-state index contributed by atoms with van der Waals surface area (Å²) in [5, 5.41) is 3.31. The molecule has 140 valence electrons. The average molecular weight is 406 g/mol. The topological polar surface area (TPSA) is 72.5 Å². The van der Waals surface area contributed by atoms with Gasteiger partial charge >= 0.3 is 5.97 Å². The van der Waals surface area contributed by atoms with Crippen LogP contribution in [0.25, 0.3) is 6.08 Å². The highest BCUT2D eigenvalue weighted by molar-refractivity contribution is 6.42. The first kappa shape index (κ1) is 20.7. The Morgan fingerprint density at radius 2 is 1.74 bits per heavy atom. The largest absolute Gasteiger partial charge is 0.449 e. The van der Waals surface area contributed by atoms with Crippen LogP contribution in [0.1, 0.15) is 29.8 Å². The lowest BCUT2D eigenvalue weighted by atomic mass is 10.1. The number of hydrogen-bond acceptors (Lipinski definition) is 4. The van der Waals surface area contributed by atoms with E-state index in [1.54, 1.807) is 42.5 Å². The van der Waals surface area contributed by atoms with Crippen molar-refractivity contribution in [3.63, 3.8) is 0 Å². The summed E-state index contributed by atoms with van der Waals surface area (Å²) in [7, 11) is 0. The molecule has 1 atom stereocenters. The van der Waals surface area contributed by atoms with E-state index in [4.69, 9.17) is 27.9 Å². The van der Waals surface area contributed by atoms with Gasteiger partial charge in [0, 0.05) is 17.3 Å². The number of benzene rings is 2. The zero-order valence-corrected chi connectivity index (χ0v) is 16.2. The number of halogens is 2. The Bertz CT molecular complexity index is 891. The number of anilines is 1. The van der Waals surface area contributed by atoms with E-state index in [2.05, 4.69) is 5.32 Å². The van der Waals surface area contributed by atoms with Crippen LogP contribution >= 0.6 is 23.2 Å². The van der Waals surface area contributed by atoms with Crippen molar-refractivity contribution in [3.05, 3.63) is 69.7 Å². The van der Waals surface area contributed by atoms with Crippen molar-refractivity contribution in [1.82, 2.24) is 0 Å². The second-order valence-electron chi connectivity index (χ2n) is 5.68. The summed E-state index contributed by atoms with van der Waals surface area (Å²) in [6, 6.07) is 11.4. The lowest BCUT2D eigenvalue weighted by Crippen LogP contribution is -2.29. The quantitative estimate of drug-likeness (QED) is 0.426. The Hall–Kier alpha value is -2.63. The molecule has 0 radical (unpaired) electrons. The molecule has 1 N–H and O–H groups in total. The van der Waals surface area contributed by atoms with Gasteiger partial charge in [-0.25, -0.2) is 4.79 Å². The first-order valence-corrected chi connectivity index (χ1v) is 8.78. The summed E-state index contributed by atoms with van der Waals surface area (Å²) >= 11 is 11.9. The standard InChI is InChI=1S/C20H17Cl2NO4/c1-12(24)14-6-9-16(10-7-14)23-20(26)13(2)27-18(25)11-8-15-4-3-5-17(21)19(15)22/h3-11,13H,1-2H3,(H,23,26)/b11-8+. The molecule has 2 rings (SSSR count). The Labute approximate surface area is 166 Å². The molecule has 0 fully saturated rings. The van der Waals surface area contributed by atoms with Gasteiger partial charge < -0.3 is 10.1 Å². The highest BCUT2D eigenvalue weighted by atomic mass is 35.5. The first-order chi connectivity index (χ1) is 12.8. The molecular formula is C20H17Cl2NO4. The lowest BCUT2D eigenvalue weighted by Gasteiger charge is -2.12. The van der Waals surface area contributed by atoms with Gasteiger partial charge in [0.1, 0.15) is 0 Å². The molecule has 0 heterocycles. The van der Waals surface area contributed by atoms with Gasteiger partial charge in [0.05, 0.1) is 10.0 Å². The van der Waals surface area contributed by atoms with E-state index in [0.29, 0.717) is 26.9 Å². The monoisotopic (exact) mass is 405 g/mol. The molecule has 0 spiro atoms. The van der Waals surface area contributed by atoms with Gasteiger partial charge in [0.25, 0.3) is 5.91 Å². The number of carbonyl (C=O) groups is 3. The van der Waals surface area contributed by atoms with Crippen LogP contribution in [-0.4, -0.2) is 23.8 Å². The highest BCUT2D eigenvalue weighted by Crippen LogP contribution is 2.26. The third-order valence-electron chi connectivity index (χ3n) is 3.60. The predicted octanol–water partition coefficient (Wildman–Crippen LogP) is 4.78. The molecule has 0 saturated carbocycles. The van der Waals surface area contributed by atoms with Crippen LogP contribution in [0.15, 0.2) is 48.5 Å². The minimum Gasteiger partial charge on any atom is -0.449 e. The second kappa shape index (κ2) is 9.35. The molecular weight excluding hydrogens is 389 g/mol. The summed E-state index contributed by atoms with van der Waals surface area (Å²) < 4.78 is 5.07. The number of esters is 1. The third-order valence-corrected chi connectivity index (χ3v) is 4.44. The number of hydrogen-bond donors (Lipinski definition) is 1. The smallest absolute Gasteiger partial charge is 0.331 e. The van der Waals surface area contributed by atoms with E-state index in [1.807, 2.05) is 0 Å². The van der Waals surface area contributed by atoms with Crippen molar-refractivity contribution in [1.29, 1.82) is 0 Å². The Kier molecular flexibility index (Phi) is 7.16. The van der Waals surface area contributed by atoms with Gasteiger partial charge in [-0.1, -0.05) is 35.3 Å². The molecule has 1 amide bonds. The van der Waals surface area contributed by atoms with Gasteiger partial charge in [-0.05, 0) is 55.8 Å². The number of nitrogens with one attached hydrogen (secondary N) is 1. The fourth-order valence-electron chi connectivity index (χ4n) is 2.11. The van der Waals surface area contributed by atoms with Crippen LogP contribution in [-0.2, 0) is 14.3 Å². The summed E-state index contributed by atoms with van der Waals surface area (Å²) in [4.78, 5) is 35.3. The molecule has 2 aromatic carbocycles. The van der Waals surface area contributed by atoms with Crippen LogP contribution in [0.2, 0.25) is 10.0 Å². The van der Waals surface area contributed by atoms with Gasteiger partial charge in [-0.15, -0.1) is 0 Å². The number of Topliss-reactive ketones (excluding diaryl/α,β-unsaturated/α-hetero) is 1. The van der Waals surface area contributed by atoms with Crippen LogP contribution < -0.4 is 5.32 Å². The number of rotatable bonds is 6. The zero-order chi connectivity index (χ0) is 20.0. The molecule has 1 unspecified atom stereocenters. The molecule has 7 heteroatoms. The van der Waals surface area contributed by atoms with E-state index < -0.39 is 18.0 Å². The zero-order valence-electron chi connectivity index (χ0n) is 14.7. The van der Waals surface area contributed by atoms with Crippen molar-refractivity contribution in [3.8, 4) is 0 Å². The highest BCUT2D eigenvalue weighted by Gasteiger charge is 2.17. The van der Waals surface area contributed by atoms with Gasteiger partial charge in [-0.3, -0.25) is 9.59 Å². The number of amides is 1. The van der Waals surface area contributed by atoms with E-state index >= 15 is 0 Å². The molecule has 5 nitrogen and oxygen atoms in total. The van der Waals surface area contributed by atoms with E-state index in [9.17, 15) is 14.4 Å². The summed E-state index contributed by atoms with van der Waals surface area (Å²) in [6.45, 7) is 2.91. The minimum atomic E-state index is -1.01. The van der Waals surface area contributed by atoms with Gasteiger partial charge in [0.15, 0.2) is 11.9 Å². The lowest BCUT2D eigenvalue weighted by molar-refractivity contribution is -0.148. The van der Waals surface area contributed by atoms with E-state index in [-0.39, 0.29) is 5.78 Å². The molecule has 0 bridgehead atoms. The molecule has 0 aromatic heterocycles. The summed E-state index contributed by atoms with van der Waals surface area (Å²) in [5.41, 5.74) is 1.59. The molecule has 0 aliphatic heterocycles. The molecule has 27 heavy (non-hydrogen) atoms. The average Bonchev–Trinajstić information content (AvgIpc) is 2.63. The van der Waals surface area contributed by atoms with Crippen molar-refractivity contribution in [2.45, 2.75) is 20.0 Å². The minimum absolute atomic E-state index is 0.0678. The molecule has 0 aliphatic carbocycles. The normalized spacial score (nSPS) is 11.9. The van der Waals surface area contributed by atoms with Crippen LogP contribution in [0.3, 0.4) is 0 Å². The Balaban J connectivity index is 1.93. The van der Waals surface area contributed by atoms with Crippen LogP contribution in [0.5, 0.6) is 0 Å². The maximum atomic E-state index is 12.1. The summed E-state index contributed by atoms with van der Waals surface area (Å²) in [6.07, 6.45) is 1.62. The van der Waals surface area contributed by atoms with Crippen molar-refractivity contribution >= 4 is 52.6 Å². The fraction of sp³-hybridized carbons (Fsp3) is 0.150. The molecule has 2 aromatic rings. The van der Waals surface area contributed by atoms with Crippen LogP contribution in [0.4, 0.5) is 5.69 Å². The Morgan fingerprint density at radius 1 is 1.07 bits per heavy atom. The van der Waals surface area contributed by atoms with Crippen LogP contribution in [0, 0.1) is 0 Å². The maximum absolute atomic E-state index is 12.1. The number of ether oxygens (including phenoxy) is 1. The predicted molar refractivity (Wildman–Crippen MR) is 106 cm³/mol.